The van der Waals surface area contributed by atoms with Crippen LogP contribution in [0.3, 0.4) is 0 Å². The van der Waals surface area contributed by atoms with E-state index in [0.717, 1.165) is 0 Å². The van der Waals surface area contributed by atoms with Gasteiger partial charge in [0.2, 0.25) is 5.95 Å². The molecule has 1 heterocycles. The smallest absolute Gasteiger partial charge is 0.271 e. The molecule has 1 aromatic carbocycles. The number of nitro benzene ring substituents is 1. The molecule has 0 aliphatic rings. The summed E-state index contributed by atoms with van der Waals surface area (Å²) in [7, 11) is 0. The van der Waals surface area contributed by atoms with E-state index in [-0.39, 0.29) is 11.7 Å². The van der Waals surface area contributed by atoms with Crippen LogP contribution in [-0.4, -0.2) is 33.4 Å². The highest BCUT2D eigenvalue weighted by molar-refractivity contribution is 6.18. The molecule has 1 N–H and O–H groups in total. The van der Waals surface area contributed by atoms with Crippen molar-refractivity contribution < 1.29 is 4.92 Å². The molecule has 0 unspecified atom stereocenters. The van der Waals surface area contributed by atoms with Gasteiger partial charge in [-0.1, -0.05) is 0 Å². The third kappa shape index (κ3) is 2.78. The molecule has 0 aliphatic heterocycles. The number of non-ortho nitro benzene ring substituents is 1. The van der Waals surface area contributed by atoms with Gasteiger partial charge in [-0.3, -0.25) is 10.1 Å². The number of nitro groups is 1. The molecule has 0 atom stereocenters. The highest BCUT2D eigenvalue weighted by atomic mass is 35.5. The molecule has 6 nitrogen and oxygen atoms in total. The molecule has 0 bridgehead atoms. The fourth-order valence-electron chi connectivity index (χ4n) is 1.93. The zero-order chi connectivity index (χ0) is 14.0. The topological polar surface area (TPSA) is 75.1 Å². The zero-order valence-electron chi connectivity index (χ0n) is 10.8. The van der Waals surface area contributed by atoms with Crippen molar-refractivity contribution in [3.63, 3.8) is 0 Å². The van der Waals surface area contributed by atoms with Gasteiger partial charge in [0.1, 0.15) is 0 Å². The number of imidazole rings is 1. The second-order valence-corrected chi connectivity index (χ2v) is 4.87. The van der Waals surface area contributed by atoms with Crippen LogP contribution in [0.2, 0.25) is 0 Å². The van der Waals surface area contributed by atoms with Crippen LogP contribution < -0.4 is 4.90 Å². The lowest BCUT2D eigenvalue weighted by Crippen LogP contribution is -2.33. The van der Waals surface area contributed by atoms with Gasteiger partial charge < -0.3 is 9.88 Å². The Kier molecular flexibility index (Phi) is 3.90. The zero-order valence-corrected chi connectivity index (χ0v) is 11.5. The molecule has 0 radical (unpaired) electrons. The lowest BCUT2D eigenvalue weighted by Gasteiger charge is -2.24. The molecule has 102 valence electrons. The molecule has 0 fully saturated rings. The molecule has 1 aromatic heterocycles. The second kappa shape index (κ2) is 5.44. The second-order valence-electron chi connectivity index (χ2n) is 4.50. The number of halogens is 1. The predicted octanol–water partition coefficient (Wildman–Crippen LogP) is 2.92. The number of fused-ring (bicyclic) bond motifs is 1. The van der Waals surface area contributed by atoms with E-state index >= 15 is 0 Å². The van der Waals surface area contributed by atoms with Crippen molar-refractivity contribution in [2.75, 3.05) is 17.3 Å². The maximum absolute atomic E-state index is 10.7. The molecule has 2 rings (SSSR count). The van der Waals surface area contributed by atoms with E-state index in [1.807, 2.05) is 18.7 Å². The standard InChI is InChI=1S/C12H15ClN4O2/c1-8(2)16(6-5-13)12-14-10-4-3-9(17(18)19)7-11(10)15-12/h3-4,7-8H,5-6H2,1-2H3,(H,14,15). The quantitative estimate of drug-likeness (QED) is 0.520. The average molecular weight is 283 g/mol. The largest absolute Gasteiger partial charge is 0.339 e. The number of rotatable bonds is 5. The van der Waals surface area contributed by atoms with Gasteiger partial charge in [0.25, 0.3) is 5.69 Å². The molecule has 0 aliphatic carbocycles. The van der Waals surface area contributed by atoms with E-state index in [9.17, 15) is 10.1 Å². The van der Waals surface area contributed by atoms with E-state index < -0.39 is 4.92 Å². The van der Waals surface area contributed by atoms with Crippen molar-refractivity contribution in [2.45, 2.75) is 19.9 Å². The number of aromatic amines is 1. The average Bonchev–Trinajstić information content (AvgIpc) is 2.77. The summed E-state index contributed by atoms with van der Waals surface area (Å²) in [5.41, 5.74) is 1.42. The van der Waals surface area contributed by atoms with E-state index in [1.165, 1.54) is 12.1 Å². The summed E-state index contributed by atoms with van der Waals surface area (Å²) >= 11 is 5.78. The van der Waals surface area contributed by atoms with E-state index in [1.54, 1.807) is 6.07 Å². The number of hydrogen-bond acceptors (Lipinski definition) is 4. The fraction of sp³-hybridized carbons (Fsp3) is 0.417. The Bertz CT molecular complexity index is 596. The van der Waals surface area contributed by atoms with Crippen molar-refractivity contribution in [1.29, 1.82) is 0 Å². The minimum atomic E-state index is -0.418. The van der Waals surface area contributed by atoms with Gasteiger partial charge in [0.15, 0.2) is 0 Å². The van der Waals surface area contributed by atoms with Crippen molar-refractivity contribution in [3.05, 3.63) is 28.3 Å². The number of nitrogens with zero attached hydrogens (tertiary/aromatic N) is 3. The Morgan fingerprint density at radius 2 is 2.26 bits per heavy atom. The van der Waals surface area contributed by atoms with E-state index in [0.29, 0.717) is 29.4 Å². The first-order valence-electron chi connectivity index (χ1n) is 5.99. The Balaban J connectivity index is 2.42. The number of hydrogen-bond donors (Lipinski definition) is 1. The summed E-state index contributed by atoms with van der Waals surface area (Å²) in [5, 5.41) is 10.7. The minimum absolute atomic E-state index is 0.0520. The summed E-state index contributed by atoms with van der Waals surface area (Å²) in [5.74, 6) is 1.18. The van der Waals surface area contributed by atoms with Crippen LogP contribution in [0.4, 0.5) is 11.6 Å². The normalized spacial score (nSPS) is 11.2. The molecule has 7 heteroatoms. The summed E-state index contributed by atoms with van der Waals surface area (Å²) in [6.07, 6.45) is 0. The van der Waals surface area contributed by atoms with Gasteiger partial charge in [-0.15, -0.1) is 11.6 Å². The third-order valence-electron chi connectivity index (χ3n) is 2.88. The number of alkyl halides is 1. The fourth-order valence-corrected chi connectivity index (χ4v) is 2.12. The van der Waals surface area contributed by atoms with Crippen LogP contribution in [0, 0.1) is 10.1 Å². The van der Waals surface area contributed by atoms with Crippen molar-refractivity contribution >= 4 is 34.3 Å². The monoisotopic (exact) mass is 282 g/mol. The molecule has 2 aromatic rings. The first-order chi connectivity index (χ1) is 9.02. The Morgan fingerprint density at radius 1 is 1.53 bits per heavy atom. The van der Waals surface area contributed by atoms with Gasteiger partial charge in [0, 0.05) is 30.6 Å². The van der Waals surface area contributed by atoms with Crippen LogP contribution >= 0.6 is 11.6 Å². The maximum atomic E-state index is 10.7. The highest BCUT2D eigenvalue weighted by Gasteiger charge is 2.15. The first-order valence-corrected chi connectivity index (χ1v) is 6.53. The molecular weight excluding hydrogens is 268 g/mol. The molecule has 0 amide bonds. The number of anilines is 1. The predicted molar refractivity (Wildman–Crippen MR) is 76.0 cm³/mol. The molecule has 0 saturated carbocycles. The van der Waals surface area contributed by atoms with E-state index in [4.69, 9.17) is 11.6 Å². The lowest BCUT2D eigenvalue weighted by molar-refractivity contribution is -0.384. The van der Waals surface area contributed by atoms with Gasteiger partial charge in [0.05, 0.1) is 16.0 Å². The van der Waals surface area contributed by atoms with Crippen molar-refractivity contribution in [1.82, 2.24) is 9.97 Å². The molecule has 0 saturated heterocycles. The summed E-state index contributed by atoms with van der Waals surface area (Å²) in [6.45, 7) is 4.76. The Labute approximate surface area is 115 Å². The molecule has 19 heavy (non-hydrogen) atoms. The number of benzene rings is 1. The third-order valence-corrected chi connectivity index (χ3v) is 3.05. The van der Waals surface area contributed by atoms with Crippen LogP contribution in [0.15, 0.2) is 18.2 Å². The Hall–Kier alpha value is -1.82. The number of aromatic nitrogens is 2. The Morgan fingerprint density at radius 3 is 2.84 bits per heavy atom. The van der Waals surface area contributed by atoms with Gasteiger partial charge in [-0.2, -0.15) is 0 Å². The van der Waals surface area contributed by atoms with Gasteiger partial charge in [-0.25, -0.2) is 4.98 Å². The lowest BCUT2D eigenvalue weighted by atomic mass is 10.3. The van der Waals surface area contributed by atoms with Crippen molar-refractivity contribution in [3.8, 4) is 0 Å². The molecular formula is C12H15ClN4O2. The highest BCUT2D eigenvalue weighted by Crippen LogP contribution is 2.23. The maximum Gasteiger partial charge on any atom is 0.271 e. The van der Waals surface area contributed by atoms with Crippen LogP contribution in [0.5, 0.6) is 0 Å². The summed E-state index contributed by atoms with van der Waals surface area (Å²) in [6, 6.07) is 4.83. The SMILES string of the molecule is CC(C)N(CCCl)c1nc2ccc([N+](=O)[O-])cc2[nH]1. The van der Waals surface area contributed by atoms with E-state index in [2.05, 4.69) is 9.97 Å². The summed E-state index contributed by atoms with van der Waals surface area (Å²) in [4.78, 5) is 19.9. The number of nitrogens with one attached hydrogen (secondary N) is 1. The van der Waals surface area contributed by atoms with Crippen LogP contribution in [0.1, 0.15) is 13.8 Å². The first kappa shape index (κ1) is 13.6. The van der Waals surface area contributed by atoms with Gasteiger partial charge >= 0.3 is 0 Å². The molecule has 0 spiro atoms. The van der Waals surface area contributed by atoms with Crippen molar-refractivity contribution in [2.24, 2.45) is 0 Å². The summed E-state index contributed by atoms with van der Waals surface area (Å²) < 4.78 is 0. The van der Waals surface area contributed by atoms with Crippen LogP contribution in [-0.2, 0) is 0 Å². The number of H-pyrrole nitrogens is 1. The van der Waals surface area contributed by atoms with Crippen LogP contribution in [0.25, 0.3) is 11.0 Å². The minimum Gasteiger partial charge on any atom is -0.339 e. The van der Waals surface area contributed by atoms with Gasteiger partial charge in [-0.05, 0) is 19.9 Å².